The third kappa shape index (κ3) is 7.78. The highest BCUT2D eigenvalue weighted by Crippen LogP contribution is 2.45. The summed E-state index contributed by atoms with van der Waals surface area (Å²) in [6, 6.07) is 4.36. The predicted octanol–water partition coefficient (Wildman–Crippen LogP) is 7.89. The lowest BCUT2D eigenvalue weighted by molar-refractivity contribution is -0.142. The molecule has 1 aliphatic heterocycles. The van der Waals surface area contributed by atoms with Crippen molar-refractivity contribution in [3.63, 3.8) is 0 Å². The van der Waals surface area contributed by atoms with Crippen LogP contribution < -0.4 is 4.74 Å². The number of amides is 1. The Labute approximate surface area is 269 Å². The van der Waals surface area contributed by atoms with Crippen molar-refractivity contribution in [3.8, 4) is 17.0 Å². The van der Waals surface area contributed by atoms with Gasteiger partial charge in [0, 0.05) is 40.6 Å². The molecule has 3 heterocycles. The molecule has 43 heavy (non-hydrogen) atoms. The molecule has 0 bridgehead atoms. The zero-order chi connectivity index (χ0) is 31.7. The maximum absolute atomic E-state index is 13.1. The van der Waals surface area contributed by atoms with Gasteiger partial charge in [-0.05, 0) is 49.7 Å². The van der Waals surface area contributed by atoms with E-state index in [4.69, 9.17) is 26.1 Å². The summed E-state index contributed by atoms with van der Waals surface area (Å²) in [5, 5.41) is 1.76. The Morgan fingerprint density at radius 2 is 1.60 bits per heavy atom. The predicted molar refractivity (Wildman–Crippen MR) is 176 cm³/mol. The van der Waals surface area contributed by atoms with Crippen LogP contribution in [0.25, 0.3) is 11.3 Å². The molecule has 4 rings (SSSR count). The van der Waals surface area contributed by atoms with Crippen LogP contribution in [0.1, 0.15) is 98.9 Å². The van der Waals surface area contributed by atoms with Crippen LogP contribution >= 0.6 is 34.3 Å². The molecule has 0 atom stereocenters. The van der Waals surface area contributed by atoms with E-state index in [-0.39, 0.29) is 41.5 Å². The van der Waals surface area contributed by atoms with Gasteiger partial charge < -0.3 is 14.4 Å². The van der Waals surface area contributed by atoms with Gasteiger partial charge in [-0.15, -0.1) is 22.7 Å². The summed E-state index contributed by atoms with van der Waals surface area (Å²) in [6.07, 6.45) is 2.06. The van der Waals surface area contributed by atoms with Gasteiger partial charge in [0.05, 0.1) is 37.3 Å². The molecule has 1 saturated heterocycles. The van der Waals surface area contributed by atoms with Gasteiger partial charge in [0.25, 0.3) is 0 Å². The number of hydrogen-bond donors (Lipinski definition) is 0. The fourth-order valence-corrected chi connectivity index (χ4v) is 7.77. The van der Waals surface area contributed by atoms with E-state index in [0.717, 1.165) is 55.9 Å². The van der Waals surface area contributed by atoms with Gasteiger partial charge in [-0.1, -0.05) is 53.1 Å². The van der Waals surface area contributed by atoms with Crippen LogP contribution in [0.3, 0.4) is 0 Å². The molecule has 234 valence electrons. The average molecular weight is 646 g/mol. The Morgan fingerprint density at radius 1 is 1.00 bits per heavy atom. The minimum atomic E-state index is -0.294. The highest BCUT2D eigenvalue weighted by atomic mass is 35.5. The van der Waals surface area contributed by atoms with E-state index in [1.165, 1.54) is 11.3 Å². The number of piperidine rings is 1. The van der Waals surface area contributed by atoms with E-state index in [2.05, 4.69) is 58.7 Å². The number of aromatic nitrogens is 2. The van der Waals surface area contributed by atoms with Crippen LogP contribution in [0.4, 0.5) is 0 Å². The van der Waals surface area contributed by atoms with E-state index in [1.807, 2.05) is 11.8 Å². The molecular weight excluding hydrogens is 602 g/mol. The highest BCUT2D eigenvalue weighted by Gasteiger charge is 2.31. The average Bonchev–Trinajstić information content (AvgIpc) is 3.48. The summed E-state index contributed by atoms with van der Waals surface area (Å²) in [4.78, 5) is 37.5. The van der Waals surface area contributed by atoms with Crippen molar-refractivity contribution in [1.82, 2.24) is 14.9 Å². The van der Waals surface area contributed by atoms with Gasteiger partial charge in [0.15, 0.2) is 0 Å². The van der Waals surface area contributed by atoms with Crippen molar-refractivity contribution in [2.75, 3.05) is 26.8 Å². The number of nitrogens with zero attached hydrogens (tertiary/aromatic N) is 3. The number of carbonyl (C=O) groups is 2. The minimum Gasteiger partial charge on any atom is -0.496 e. The van der Waals surface area contributed by atoms with Crippen molar-refractivity contribution < 1.29 is 19.1 Å². The maximum Gasteiger partial charge on any atom is 0.311 e. The Bertz CT molecular complexity index is 1440. The Balaban J connectivity index is 1.47. The van der Waals surface area contributed by atoms with Gasteiger partial charge in [-0.2, -0.15) is 0 Å². The lowest BCUT2D eigenvalue weighted by Gasteiger charge is -2.31. The van der Waals surface area contributed by atoms with E-state index in [9.17, 15) is 9.59 Å². The first-order valence-corrected chi connectivity index (χ1v) is 16.9. The number of halogens is 1. The Hall–Kier alpha value is -2.49. The van der Waals surface area contributed by atoms with E-state index in [1.54, 1.807) is 25.4 Å². The van der Waals surface area contributed by atoms with Crippen LogP contribution in [0.15, 0.2) is 12.1 Å². The number of thiazole rings is 2. The molecular formula is C33H44ClN3O4S2. The van der Waals surface area contributed by atoms with Gasteiger partial charge >= 0.3 is 5.97 Å². The quantitative estimate of drug-likeness (QED) is 0.232. The second-order valence-electron chi connectivity index (χ2n) is 13.2. The number of likely N-dealkylation sites (tertiary alicyclic amines) is 1. The van der Waals surface area contributed by atoms with Crippen LogP contribution in [-0.4, -0.2) is 53.6 Å². The zero-order valence-corrected chi connectivity index (χ0v) is 29.2. The number of rotatable bonds is 8. The summed E-state index contributed by atoms with van der Waals surface area (Å²) in [6.45, 7) is 18.6. The largest absolute Gasteiger partial charge is 0.496 e. The Kier molecular flexibility index (Phi) is 10.3. The van der Waals surface area contributed by atoms with Gasteiger partial charge in [0.2, 0.25) is 5.91 Å². The molecule has 1 fully saturated rings. The van der Waals surface area contributed by atoms with Crippen molar-refractivity contribution in [2.45, 2.75) is 97.8 Å². The second-order valence-corrected chi connectivity index (χ2v) is 16.1. The topological polar surface area (TPSA) is 81.6 Å². The molecule has 1 amide bonds. The van der Waals surface area contributed by atoms with Crippen molar-refractivity contribution in [2.24, 2.45) is 0 Å². The lowest BCUT2D eigenvalue weighted by Crippen LogP contribution is -2.38. The van der Waals surface area contributed by atoms with Crippen molar-refractivity contribution in [3.05, 3.63) is 48.2 Å². The van der Waals surface area contributed by atoms with Crippen LogP contribution in [0.2, 0.25) is 4.34 Å². The fourth-order valence-electron chi connectivity index (χ4n) is 5.46. The minimum absolute atomic E-state index is 0.0652. The maximum atomic E-state index is 13.1. The molecule has 0 radical (unpaired) electrons. The number of benzene rings is 1. The number of ether oxygens (including phenoxy) is 2. The molecule has 1 aliphatic rings. The monoisotopic (exact) mass is 645 g/mol. The Morgan fingerprint density at radius 3 is 2.14 bits per heavy atom. The SMILES string of the molecule is CCOC(=O)Cc1nc(CC(=O)N2CCC(c3nc(-c4cc(C(C)(C)C)c(OC)c(C(C)(C)C)c4)c(Cl)s3)CC2)sc1C. The van der Waals surface area contributed by atoms with Crippen LogP contribution in [0, 0.1) is 6.92 Å². The van der Waals surface area contributed by atoms with E-state index in [0.29, 0.717) is 29.7 Å². The number of methoxy groups -OCH3 is 1. The standard InChI is InChI=1S/C33H44ClN3O4S2/c1-10-41-27(39)17-24-19(2)42-25(35-24)18-26(38)37-13-11-20(12-14-37)31-36-28(30(34)43-31)21-15-22(32(3,4)5)29(40-9)23(16-21)33(6,7)8/h15-16,20H,10-14,17-18H2,1-9H3. The third-order valence-electron chi connectivity index (χ3n) is 7.84. The van der Waals surface area contributed by atoms with Gasteiger partial charge in [-0.3, -0.25) is 9.59 Å². The summed E-state index contributed by atoms with van der Waals surface area (Å²) >= 11 is 9.89. The highest BCUT2D eigenvalue weighted by molar-refractivity contribution is 7.16. The number of esters is 1. The molecule has 0 spiro atoms. The molecule has 7 nitrogen and oxygen atoms in total. The molecule has 0 N–H and O–H groups in total. The van der Waals surface area contributed by atoms with Gasteiger partial charge in [0.1, 0.15) is 20.8 Å². The molecule has 1 aromatic carbocycles. The summed E-state index contributed by atoms with van der Waals surface area (Å²) in [7, 11) is 1.74. The number of aryl methyl sites for hydroxylation is 1. The lowest BCUT2D eigenvalue weighted by atomic mass is 9.78. The van der Waals surface area contributed by atoms with Crippen LogP contribution in [-0.2, 0) is 38.0 Å². The van der Waals surface area contributed by atoms with Crippen molar-refractivity contribution in [1.29, 1.82) is 0 Å². The normalized spacial score (nSPS) is 14.7. The summed E-state index contributed by atoms with van der Waals surface area (Å²) < 4.78 is 11.7. The molecule has 0 aliphatic carbocycles. The first-order chi connectivity index (χ1) is 20.1. The van der Waals surface area contributed by atoms with Crippen LogP contribution in [0.5, 0.6) is 5.75 Å². The molecule has 2 aromatic heterocycles. The second kappa shape index (κ2) is 13.2. The van der Waals surface area contributed by atoms with Crippen molar-refractivity contribution >= 4 is 46.2 Å². The molecule has 0 saturated carbocycles. The first kappa shape index (κ1) is 33.4. The first-order valence-electron chi connectivity index (χ1n) is 14.9. The molecule has 10 heteroatoms. The summed E-state index contributed by atoms with van der Waals surface area (Å²) in [5.41, 5.74) is 4.56. The zero-order valence-electron chi connectivity index (χ0n) is 26.9. The fraction of sp³-hybridized carbons (Fsp3) is 0.576. The number of hydrogen-bond acceptors (Lipinski definition) is 8. The van der Waals surface area contributed by atoms with E-state index >= 15 is 0 Å². The number of carbonyl (C=O) groups excluding carboxylic acids is 2. The van der Waals surface area contributed by atoms with E-state index < -0.39 is 0 Å². The smallest absolute Gasteiger partial charge is 0.311 e. The molecule has 3 aromatic rings. The third-order valence-corrected chi connectivity index (χ3v) is 10.3. The summed E-state index contributed by atoms with van der Waals surface area (Å²) in [5.74, 6) is 0.949. The van der Waals surface area contributed by atoms with Gasteiger partial charge in [-0.25, -0.2) is 9.97 Å². The molecule has 0 unspecified atom stereocenters.